The second kappa shape index (κ2) is 8.48. The van der Waals surface area contributed by atoms with Crippen LogP contribution in [0.1, 0.15) is 51.4 Å². The van der Waals surface area contributed by atoms with Gasteiger partial charge in [-0.3, -0.25) is 9.59 Å². The fraction of sp³-hybridized carbons (Fsp3) is 0.905. The van der Waals surface area contributed by atoms with Crippen molar-refractivity contribution in [2.24, 2.45) is 11.3 Å². The Morgan fingerprint density at radius 3 is 2.30 bits per heavy atom. The lowest BCUT2D eigenvalue weighted by molar-refractivity contribution is -0.152. The van der Waals surface area contributed by atoms with Gasteiger partial charge in [0, 0.05) is 52.4 Å². The Balaban J connectivity index is 1.24. The molecule has 0 spiro atoms. The molecule has 27 heavy (non-hydrogen) atoms. The minimum absolute atomic E-state index is 0.135. The van der Waals surface area contributed by atoms with Gasteiger partial charge in [0.25, 0.3) is 0 Å². The molecule has 0 N–H and O–H groups in total. The van der Waals surface area contributed by atoms with Gasteiger partial charge >= 0.3 is 0 Å². The summed E-state index contributed by atoms with van der Waals surface area (Å²) in [4.78, 5) is 32.3. The van der Waals surface area contributed by atoms with Crippen LogP contribution in [0.2, 0.25) is 0 Å². The molecule has 2 bridgehead atoms. The standard InChI is InChI=1S/C21H35N3O3/c25-19(6-5-18-4-1-15-27-16-18)23-11-13-24(14-12-23)20(26)21-7-2-9-22(17-21)10-3-8-21/h18H,1-17H2. The lowest BCUT2D eigenvalue weighted by Crippen LogP contribution is -2.59. The lowest BCUT2D eigenvalue weighted by Gasteiger charge is -2.49. The quantitative estimate of drug-likeness (QED) is 0.749. The Bertz CT molecular complexity index is 529. The highest BCUT2D eigenvalue weighted by molar-refractivity contribution is 5.84. The lowest BCUT2D eigenvalue weighted by atomic mass is 9.72. The van der Waals surface area contributed by atoms with E-state index in [1.165, 1.54) is 6.42 Å². The van der Waals surface area contributed by atoms with Crippen LogP contribution in [0, 0.1) is 11.3 Å². The topological polar surface area (TPSA) is 53.1 Å². The number of piperazine rings is 1. The number of piperidine rings is 2. The maximum Gasteiger partial charge on any atom is 0.230 e. The van der Waals surface area contributed by atoms with E-state index in [1.807, 2.05) is 9.80 Å². The molecule has 0 radical (unpaired) electrons. The number of amides is 2. The number of carbonyl (C=O) groups excluding carboxylic acids is 2. The summed E-state index contributed by atoms with van der Waals surface area (Å²) in [6.07, 6.45) is 8.27. The van der Waals surface area contributed by atoms with Crippen molar-refractivity contribution in [1.82, 2.24) is 14.7 Å². The second-order valence-electron chi connectivity index (χ2n) is 9.06. The van der Waals surface area contributed by atoms with Crippen LogP contribution in [0.25, 0.3) is 0 Å². The first-order valence-corrected chi connectivity index (χ1v) is 11.0. The molecule has 4 fully saturated rings. The first-order chi connectivity index (χ1) is 13.2. The Morgan fingerprint density at radius 2 is 1.63 bits per heavy atom. The van der Waals surface area contributed by atoms with E-state index in [2.05, 4.69) is 4.90 Å². The zero-order chi connectivity index (χ0) is 18.7. The third-order valence-electron chi connectivity index (χ3n) is 7.18. The molecule has 0 saturated carbocycles. The Morgan fingerprint density at radius 1 is 0.926 bits per heavy atom. The van der Waals surface area contributed by atoms with E-state index in [0.29, 0.717) is 44.4 Å². The van der Waals surface area contributed by atoms with E-state index in [4.69, 9.17) is 4.74 Å². The van der Waals surface area contributed by atoms with Crippen LogP contribution in [0.4, 0.5) is 0 Å². The Labute approximate surface area is 163 Å². The minimum atomic E-state index is -0.135. The van der Waals surface area contributed by atoms with Crippen LogP contribution in [-0.4, -0.2) is 85.5 Å². The number of ether oxygens (including phenoxy) is 1. The number of rotatable bonds is 4. The van der Waals surface area contributed by atoms with E-state index in [-0.39, 0.29) is 11.3 Å². The number of hydrogen-bond donors (Lipinski definition) is 0. The summed E-state index contributed by atoms with van der Waals surface area (Å²) in [6.45, 7) is 7.77. The fourth-order valence-corrected chi connectivity index (χ4v) is 5.56. The third-order valence-corrected chi connectivity index (χ3v) is 7.18. The van der Waals surface area contributed by atoms with Gasteiger partial charge in [-0.05, 0) is 64.0 Å². The summed E-state index contributed by atoms with van der Waals surface area (Å²) < 4.78 is 5.52. The fourth-order valence-electron chi connectivity index (χ4n) is 5.56. The number of carbonyl (C=O) groups is 2. The predicted octanol–water partition coefficient (Wildman–Crippen LogP) is 1.74. The third kappa shape index (κ3) is 4.32. The highest BCUT2D eigenvalue weighted by Crippen LogP contribution is 2.40. The highest BCUT2D eigenvalue weighted by Gasteiger charge is 2.46. The summed E-state index contributed by atoms with van der Waals surface area (Å²) in [6, 6.07) is 0. The molecule has 6 heteroatoms. The van der Waals surface area contributed by atoms with E-state index in [9.17, 15) is 9.59 Å². The minimum Gasteiger partial charge on any atom is -0.381 e. The summed E-state index contributed by atoms with van der Waals surface area (Å²) in [5.41, 5.74) is -0.135. The molecule has 0 aromatic heterocycles. The monoisotopic (exact) mass is 377 g/mol. The van der Waals surface area contributed by atoms with Gasteiger partial charge in [-0.25, -0.2) is 0 Å². The SMILES string of the molecule is O=C(CCC1CCCOC1)N1CCN(C(=O)C23CCCN(CCC2)C3)CC1. The summed E-state index contributed by atoms with van der Waals surface area (Å²) in [7, 11) is 0. The van der Waals surface area contributed by atoms with Crippen LogP contribution in [0.5, 0.6) is 0 Å². The second-order valence-corrected chi connectivity index (χ2v) is 9.06. The van der Waals surface area contributed by atoms with Crippen LogP contribution < -0.4 is 0 Å². The van der Waals surface area contributed by atoms with Gasteiger partial charge in [-0.15, -0.1) is 0 Å². The van der Waals surface area contributed by atoms with E-state index >= 15 is 0 Å². The number of hydrogen-bond acceptors (Lipinski definition) is 4. The van der Waals surface area contributed by atoms with E-state index in [1.54, 1.807) is 0 Å². The molecule has 4 heterocycles. The molecule has 6 nitrogen and oxygen atoms in total. The molecule has 4 aliphatic heterocycles. The zero-order valence-electron chi connectivity index (χ0n) is 16.7. The molecule has 0 aromatic rings. The van der Waals surface area contributed by atoms with Gasteiger partial charge in [0.2, 0.25) is 11.8 Å². The van der Waals surface area contributed by atoms with Crippen LogP contribution >= 0.6 is 0 Å². The molecule has 4 saturated heterocycles. The predicted molar refractivity (Wildman–Crippen MR) is 103 cm³/mol. The molecule has 0 aliphatic carbocycles. The van der Waals surface area contributed by atoms with Gasteiger partial charge < -0.3 is 19.4 Å². The average molecular weight is 378 g/mol. The molecule has 0 aromatic carbocycles. The van der Waals surface area contributed by atoms with Crippen molar-refractivity contribution in [2.75, 3.05) is 59.0 Å². The normalized spacial score (nSPS) is 34.4. The van der Waals surface area contributed by atoms with Gasteiger partial charge in [0.15, 0.2) is 0 Å². The number of nitrogens with zero attached hydrogens (tertiary/aromatic N) is 3. The van der Waals surface area contributed by atoms with Crippen LogP contribution in [0.15, 0.2) is 0 Å². The van der Waals surface area contributed by atoms with Gasteiger partial charge in [-0.1, -0.05) is 0 Å². The summed E-state index contributed by atoms with van der Waals surface area (Å²) >= 11 is 0. The molecular weight excluding hydrogens is 342 g/mol. The summed E-state index contributed by atoms with van der Waals surface area (Å²) in [5.74, 6) is 1.16. The van der Waals surface area contributed by atoms with Crippen LogP contribution in [0.3, 0.4) is 0 Å². The molecule has 152 valence electrons. The number of fused-ring (bicyclic) bond motifs is 2. The first kappa shape index (κ1) is 19.2. The highest BCUT2D eigenvalue weighted by atomic mass is 16.5. The molecule has 1 atom stereocenters. The van der Waals surface area contributed by atoms with Crippen molar-refractivity contribution in [3.05, 3.63) is 0 Å². The van der Waals surface area contributed by atoms with Gasteiger partial charge in [0.05, 0.1) is 5.41 Å². The molecule has 1 unspecified atom stereocenters. The Hall–Kier alpha value is -1.14. The molecular formula is C21H35N3O3. The van der Waals surface area contributed by atoms with Crippen molar-refractivity contribution in [3.63, 3.8) is 0 Å². The van der Waals surface area contributed by atoms with Gasteiger partial charge in [-0.2, -0.15) is 0 Å². The Kier molecular flexibility index (Phi) is 6.02. The van der Waals surface area contributed by atoms with Crippen molar-refractivity contribution in [3.8, 4) is 0 Å². The largest absolute Gasteiger partial charge is 0.381 e. The molecule has 4 aliphatic rings. The maximum absolute atomic E-state index is 13.3. The zero-order valence-corrected chi connectivity index (χ0v) is 16.7. The molecule has 4 rings (SSSR count). The van der Waals surface area contributed by atoms with Crippen molar-refractivity contribution in [1.29, 1.82) is 0 Å². The van der Waals surface area contributed by atoms with Gasteiger partial charge in [0.1, 0.15) is 0 Å². The summed E-state index contributed by atoms with van der Waals surface area (Å²) in [5, 5.41) is 0. The van der Waals surface area contributed by atoms with E-state index < -0.39 is 0 Å². The van der Waals surface area contributed by atoms with E-state index in [0.717, 1.165) is 71.4 Å². The van der Waals surface area contributed by atoms with Crippen molar-refractivity contribution >= 4 is 11.8 Å². The van der Waals surface area contributed by atoms with Crippen molar-refractivity contribution in [2.45, 2.75) is 51.4 Å². The maximum atomic E-state index is 13.3. The average Bonchev–Trinajstić information content (AvgIpc) is 2.72. The first-order valence-electron chi connectivity index (χ1n) is 11.0. The molecule has 2 amide bonds. The van der Waals surface area contributed by atoms with Crippen molar-refractivity contribution < 1.29 is 14.3 Å². The smallest absolute Gasteiger partial charge is 0.230 e. The van der Waals surface area contributed by atoms with Crippen LogP contribution in [-0.2, 0) is 14.3 Å².